The number of fused-ring (bicyclic) bond motifs is 1. The smallest absolute Gasteiger partial charge is 0.263 e. The number of alkyl halides is 1. The molecule has 0 unspecified atom stereocenters. The maximum absolute atomic E-state index is 16.2. The molecule has 9 nitrogen and oxygen atoms in total. The molecule has 0 saturated heterocycles. The molecule has 3 atom stereocenters. The molecule has 0 aliphatic carbocycles. The third kappa shape index (κ3) is 6.14. The molecule has 36 heavy (non-hydrogen) atoms. The fourth-order valence-corrected chi connectivity index (χ4v) is 3.79. The van der Waals surface area contributed by atoms with Crippen molar-refractivity contribution in [2.45, 2.75) is 38.5 Å². The summed E-state index contributed by atoms with van der Waals surface area (Å²) in [6, 6.07) is 19.3. The molecule has 10 heteroatoms. The van der Waals surface area contributed by atoms with Crippen LogP contribution in [0.5, 0.6) is 5.88 Å². The Morgan fingerprint density at radius 2 is 1.67 bits per heavy atom. The number of methoxy groups -OCH3 is 1. The molecule has 4 rings (SSSR count). The van der Waals surface area contributed by atoms with E-state index in [1.54, 1.807) is 0 Å². The van der Waals surface area contributed by atoms with Crippen LogP contribution in [0.2, 0.25) is 0 Å². The van der Waals surface area contributed by atoms with Crippen molar-refractivity contribution < 1.29 is 23.3 Å². The van der Waals surface area contributed by atoms with E-state index in [1.165, 1.54) is 17.8 Å². The average molecular weight is 496 g/mol. The Hall–Kier alpha value is -3.60. The topological polar surface area (TPSA) is 106 Å². The lowest BCUT2D eigenvalue weighted by Crippen LogP contribution is -2.38. The summed E-state index contributed by atoms with van der Waals surface area (Å²) in [7, 11) is 1.50. The van der Waals surface area contributed by atoms with Gasteiger partial charge in [0.25, 0.3) is 5.88 Å². The number of hydrogen-bond donors (Lipinski definition) is 1. The highest BCUT2D eigenvalue weighted by atomic mass is 19.1. The number of imidazole rings is 1. The minimum Gasteiger partial charge on any atom is -0.475 e. The van der Waals surface area contributed by atoms with Crippen LogP contribution in [0.15, 0.2) is 66.9 Å². The lowest BCUT2D eigenvalue weighted by molar-refractivity contribution is -0.125. The van der Waals surface area contributed by atoms with Crippen LogP contribution >= 0.6 is 0 Å². The van der Waals surface area contributed by atoms with Gasteiger partial charge in [0.05, 0.1) is 32.6 Å². The first kappa shape index (κ1) is 25.5. The Labute approximate surface area is 209 Å². The number of ether oxygens (including phenoxy) is 4. The van der Waals surface area contributed by atoms with Crippen LogP contribution in [0.25, 0.3) is 5.65 Å². The first-order valence-corrected chi connectivity index (χ1v) is 11.7. The van der Waals surface area contributed by atoms with E-state index in [2.05, 4.69) is 15.1 Å². The number of hydrogen-bond acceptors (Lipinski definition) is 8. The van der Waals surface area contributed by atoms with Gasteiger partial charge in [0.1, 0.15) is 17.9 Å². The standard InChI is InChI=1S/C26H30FN5O4/c1-3-35-25-24-29-14-20(32(24)31-26(28)30-25)22(27)23(36-16-19-12-8-5-9-13-19)21(33-2)17-34-15-18-10-6-4-7-11-18/h4-14,21-23H,3,15-17H2,1-2H3,(H2,28,31)/t21-,22+,23-/m1/s1. The SMILES string of the molecule is CCOc1nc(N)nn2c([C@H](F)[C@H](OCc3ccccc3)[C@@H](COCc3ccccc3)OC)cnc12. The number of nitrogen functional groups attached to an aromatic ring is 1. The van der Waals surface area contributed by atoms with E-state index in [-0.39, 0.29) is 36.4 Å². The largest absolute Gasteiger partial charge is 0.475 e. The molecular formula is C26H30FN5O4. The second-order valence-corrected chi connectivity index (χ2v) is 8.06. The number of halogens is 1. The maximum atomic E-state index is 16.2. The molecule has 2 heterocycles. The quantitative estimate of drug-likeness (QED) is 0.297. The van der Waals surface area contributed by atoms with Crippen molar-refractivity contribution in [1.82, 2.24) is 19.6 Å². The van der Waals surface area contributed by atoms with E-state index in [9.17, 15) is 0 Å². The molecule has 0 bridgehead atoms. The van der Waals surface area contributed by atoms with E-state index in [4.69, 9.17) is 24.7 Å². The van der Waals surface area contributed by atoms with Gasteiger partial charge >= 0.3 is 0 Å². The minimum atomic E-state index is -1.67. The van der Waals surface area contributed by atoms with Gasteiger partial charge in [0.15, 0.2) is 6.17 Å². The van der Waals surface area contributed by atoms with Crippen LogP contribution in [0.3, 0.4) is 0 Å². The van der Waals surface area contributed by atoms with E-state index >= 15 is 4.39 Å². The predicted octanol–water partition coefficient (Wildman–Crippen LogP) is 3.93. The molecule has 2 aromatic heterocycles. The van der Waals surface area contributed by atoms with Gasteiger partial charge in [-0.25, -0.2) is 13.9 Å². The number of aromatic nitrogens is 4. The van der Waals surface area contributed by atoms with Crippen molar-refractivity contribution >= 4 is 11.6 Å². The van der Waals surface area contributed by atoms with E-state index in [1.807, 2.05) is 67.6 Å². The zero-order valence-corrected chi connectivity index (χ0v) is 20.3. The van der Waals surface area contributed by atoms with Crippen LogP contribution in [0.1, 0.15) is 29.9 Å². The molecule has 2 N–H and O–H groups in total. The first-order valence-electron chi connectivity index (χ1n) is 11.7. The van der Waals surface area contributed by atoms with Crippen molar-refractivity contribution in [2.24, 2.45) is 0 Å². The highest BCUT2D eigenvalue weighted by molar-refractivity contribution is 5.51. The van der Waals surface area contributed by atoms with Crippen LogP contribution in [0, 0.1) is 0 Å². The molecule has 0 radical (unpaired) electrons. The van der Waals surface area contributed by atoms with Crippen LogP contribution in [0.4, 0.5) is 10.3 Å². The monoisotopic (exact) mass is 495 g/mol. The lowest BCUT2D eigenvalue weighted by atomic mass is 10.1. The number of nitrogens with zero attached hydrogens (tertiary/aromatic N) is 4. The minimum absolute atomic E-state index is 0.0614. The summed E-state index contributed by atoms with van der Waals surface area (Å²) in [5.74, 6) is 0.119. The maximum Gasteiger partial charge on any atom is 0.263 e. The Morgan fingerprint density at radius 1 is 1.00 bits per heavy atom. The van der Waals surface area contributed by atoms with Crippen LogP contribution < -0.4 is 10.5 Å². The van der Waals surface area contributed by atoms with Crippen molar-refractivity contribution in [3.8, 4) is 5.88 Å². The predicted molar refractivity (Wildman–Crippen MR) is 132 cm³/mol. The average Bonchev–Trinajstić information content (AvgIpc) is 3.33. The number of anilines is 1. The van der Waals surface area contributed by atoms with Crippen molar-refractivity contribution in [1.29, 1.82) is 0 Å². The molecule has 4 aromatic rings. The van der Waals surface area contributed by atoms with Gasteiger partial charge < -0.3 is 24.7 Å². The van der Waals surface area contributed by atoms with Gasteiger partial charge in [0, 0.05) is 7.11 Å². The summed E-state index contributed by atoms with van der Waals surface area (Å²) in [5.41, 5.74) is 8.16. The highest BCUT2D eigenvalue weighted by Crippen LogP contribution is 2.30. The fraction of sp³-hybridized carbons (Fsp3) is 0.346. The molecule has 0 aliphatic heterocycles. The summed E-state index contributed by atoms with van der Waals surface area (Å²) < 4.78 is 40.7. The van der Waals surface area contributed by atoms with Gasteiger partial charge in [-0.1, -0.05) is 60.7 Å². The Kier molecular flexibility index (Phi) is 8.77. The van der Waals surface area contributed by atoms with E-state index in [0.29, 0.717) is 13.2 Å². The number of benzene rings is 2. The van der Waals surface area contributed by atoms with E-state index < -0.39 is 18.4 Å². The molecular weight excluding hydrogens is 465 g/mol. The van der Waals surface area contributed by atoms with Gasteiger partial charge in [-0.15, -0.1) is 5.10 Å². The van der Waals surface area contributed by atoms with Crippen molar-refractivity contribution in [3.05, 3.63) is 83.7 Å². The third-order valence-corrected chi connectivity index (χ3v) is 5.57. The highest BCUT2D eigenvalue weighted by Gasteiger charge is 2.35. The normalized spacial score (nSPS) is 14.0. The van der Waals surface area contributed by atoms with Crippen LogP contribution in [-0.4, -0.2) is 52.1 Å². The van der Waals surface area contributed by atoms with Gasteiger partial charge in [-0.05, 0) is 18.1 Å². The summed E-state index contributed by atoms with van der Waals surface area (Å²) in [5, 5.41) is 4.16. The number of rotatable bonds is 13. The third-order valence-electron chi connectivity index (χ3n) is 5.57. The molecule has 2 aromatic carbocycles. The molecule has 0 fully saturated rings. The summed E-state index contributed by atoms with van der Waals surface area (Å²) in [6.07, 6.45) is -2.04. The Morgan fingerprint density at radius 3 is 2.31 bits per heavy atom. The first-order chi connectivity index (χ1) is 17.6. The van der Waals surface area contributed by atoms with Crippen LogP contribution in [-0.2, 0) is 27.4 Å². The zero-order chi connectivity index (χ0) is 25.3. The zero-order valence-electron chi connectivity index (χ0n) is 20.3. The van der Waals surface area contributed by atoms with Crippen molar-refractivity contribution in [2.75, 3.05) is 26.1 Å². The molecule has 0 saturated carbocycles. The van der Waals surface area contributed by atoms with Gasteiger partial charge in [-0.2, -0.15) is 4.98 Å². The second-order valence-electron chi connectivity index (χ2n) is 8.06. The Balaban J connectivity index is 1.59. The Bertz CT molecular complexity index is 1230. The summed E-state index contributed by atoms with van der Waals surface area (Å²) in [4.78, 5) is 8.34. The summed E-state index contributed by atoms with van der Waals surface area (Å²) in [6.45, 7) is 2.81. The lowest BCUT2D eigenvalue weighted by Gasteiger charge is -2.28. The van der Waals surface area contributed by atoms with Gasteiger partial charge in [-0.3, -0.25) is 0 Å². The summed E-state index contributed by atoms with van der Waals surface area (Å²) >= 11 is 0. The number of nitrogens with two attached hydrogens (primary N) is 1. The van der Waals surface area contributed by atoms with Crippen molar-refractivity contribution in [3.63, 3.8) is 0 Å². The molecule has 190 valence electrons. The molecule has 0 spiro atoms. The van der Waals surface area contributed by atoms with E-state index in [0.717, 1.165) is 11.1 Å². The second kappa shape index (κ2) is 12.4. The molecule has 0 amide bonds. The van der Waals surface area contributed by atoms with Gasteiger partial charge in [0.2, 0.25) is 11.6 Å². The molecule has 0 aliphatic rings. The fourth-order valence-electron chi connectivity index (χ4n) is 3.79.